The van der Waals surface area contributed by atoms with Crippen molar-refractivity contribution in [2.24, 2.45) is 28.6 Å². The average molecular weight is 218 g/mol. The molecule has 16 heavy (non-hydrogen) atoms. The first-order chi connectivity index (χ1) is 7.40. The summed E-state index contributed by atoms with van der Waals surface area (Å²) in [7, 11) is 0. The van der Waals surface area contributed by atoms with Crippen LogP contribution in [0.1, 0.15) is 47.0 Å². The molecule has 4 atom stereocenters. The van der Waals surface area contributed by atoms with E-state index in [-0.39, 0.29) is 5.41 Å². The largest absolute Gasteiger partial charge is 0.294 e. The third kappa shape index (κ3) is 0.919. The number of carbonyl (C=O) groups excluding carboxylic acids is 1. The van der Waals surface area contributed by atoms with Gasteiger partial charge in [0.1, 0.15) is 0 Å². The normalized spacial score (nSPS) is 49.1. The summed E-state index contributed by atoms with van der Waals surface area (Å²) in [6.45, 7) is 9.23. The number of ketones is 1. The van der Waals surface area contributed by atoms with Gasteiger partial charge in [-0.3, -0.25) is 4.79 Å². The molecule has 3 aliphatic carbocycles. The second-order valence-corrected chi connectivity index (χ2v) is 6.90. The van der Waals surface area contributed by atoms with Crippen LogP contribution in [-0.4, -0.2) is 5.78 Å². The lowest BCUT2D eigenvalue weighted by Crippen LogP contribution is -2.37. The molecule has 88 valence electrons. The van der Waals surface area contributed by atoms with E-state index in [0.29, 0.717) is 29.0 Å². The monoisotopic (exact) mass is 218 g/mol. The Balaban J connectivity index is 2.19. The van der Waals surface area contributed by atoms with Gasteiger partial charge in [-0.05, 0) is 55.4 Å². The van der Waals surface area contributed by atoms with Gasteiger partial charge in [-0.1, -0.05) is 26.3 Å². The van der Waals surface area contributed by atoms with Crippen LogP contribution in [0, 0.1) is 28.6 Å². The van der Waals surface area contributed by atoms with Crippen molar-refractivity contribution in [3.63, 3.8) is 0 Å². The van der Waals surface area contributed by atoms with E-state index in [0.717, 1.165) is 6.42 Å². The van der Waals surface area contributed by atoms with E-state index in [4.69, 9.17) is 0 Å². The minimum absolute atomic E-state index is 0.0215. The standard InChI is InChI=1S/C15H22O/c1-9-7-13(16)15-8-11(9)14(3,4)12(15)6-5-10(15)2/h7,10-12H,5-6,8H2,1-4H3/t10-,11+,12+,15-/m1/s1. The van der Waals surface area contributed by atoms with E-state index >= 15 is 0 Å². The van der Waals surface area contributed by atoms with Crippen LogP contribution < -0.4 is 0 Å². The van der Waals surface area contributed by atoms with E-state index in [1.165, 1.54) is 18.4 Å². The molecule has 0 unspecified atom stereocenters. The van der Waals surface area contributed by atoms with Crippen molar-refractivity contribution >= 4 is 5.78 Å². The summed E-state index contributed by atoms with van der Waals surface area (Å²) in [4.78, 5) is 12.5. The molecule has 2 bridgehead atoms. The molecule has 0 aromatic carbocycles. The topological polar surface area (TPSA) is 17.1 Å². The third-order valence-corrected chi connectivity index (χ3v) is 6.09. The Kier molecular flexibility index (Phi) is 1.85. The molecular weight excluding hydrogens is 196 g/mol. The molecule has 0 amide bonds. The van der Waals surface area contributed by atoms with Crippen LogP contribution in [0.5, 0.6) is 0 Å². The summed E-state index contributed by atoms with van der Waals surface area (Å²) in [5, 5.41) is 0. The molecule has 0 aliphatic heterocycles. The highest BCUT2D eigenvalue weighted by Crippen LogP contribution is 2.69. The third-order valence-electron chi connectivity index (χ3n) is 6.09. The van der Waals surface area contributed by atoms with E-state index in [1.807, 2.05) is 6.08 Å². The lowest BCUT2D eigenvalue weighted by molar-refractivity contribution is -0.128. The van der Waals surface area contributed by atoms with Crippen LogP contribution in [0.3, 0.4) is 0 Å². The predicted octanol–water partition coefficient (Wildman–Crippen LogP) is 3.59. The lowest BCUT2D eigenvalue weighted by Gasteiger charge is -2.35. The zero-order valence-electron chi connectivity index (χ0n) is 10.8. The summed E-state index contributed by atoms with van der Waals surface area (Å²) in [5.41, 5.74) is 1.69. The van der Waals surface area contributed by atoms with Gasteiger partial charge in [0, 0.05) is 5.41 Å². The molecule has 1 heteroatoms. The molecule has 2 saturated carbocycles. The Bertz CT molecular complexity index is 390. The molecule has 0 aromatic rings. The summed E-state index contributed by atoms with van der Waals surface area (Å²) >= 11 is 0. The Hall–Kier alpha value is -0.590. The first-order valence-electron chi connectivity index (χ1n) is 6.63. The Morgan fingerprint density at radius 2 is 2.00 bits per heavy atom. The van der Waals surface area contributed by atoms with Crippen LogP contribution in [-0.2, 0) is 4.79 Å². The first kappa shape index (κ1) is 10.6. The number of fused-ring (bicyclic) bond motifs is 1. The Morgan fingerprint density at radius 3 is 2.69 bits per heavy atom. The molecule has 0 heterocycles. The maximum atomic E-state index is 12.5. The molecule has 1 spiro atoms. The smallest absolute Gasteiger partial charge is 0.162 e. The summed E-state index contributed by atoms with van der Waals surface area (Å²) in [6.07, 6.45) is 5.61. The van der Waals surface area contributed by atoms with Crippen LogP contribution in [0.2, 0.25) is 0 Å². The Labute approximate surface area is 98.3 Å². The van der Waals surface area contributed by atoms with Gasteiger partial charge in [-0.2, -0.15) is 0 Å². The molecule has 3 aliphatic rings. The van der Waals surface area contributed by atoms with Crippen molar-refractivity contribution in [2.75, 3.05) is 0 Å². The molecule has 0 aromatic heterocycles. The number of carbonyl (C=O) groups is 1. The summed E-state index contributed by atoms with van der Waals surface area (Å²) < 4.78 is 0. The second kappa shape index (κ2) is 2.80. The number of hydrogen-bond acceptors (Lipinski definition) is 1. The maximum Gasteiger partial charge on any atom is 0.162 e. The van der Waals surface area contributed by atoms with E-state index < -0.39 is 0 Å². The first-order valence-corrected chi connectivity index (χ1v) is 6.63. The molecule has 2 fully saturated rings. The van der Waals surface area contributed by atoms with E-state index in [1.54, 1.807) is 0 Å². The fourth-order valence-electron chi connectivity index (χ4n) is 5.20. The summed E-state index contributed by atoms with van der Waals surface area (Å²) in [5.74, 6) is 2.32. The maximum absolute atomic E-state index is 12.5. The molecule has 3 rings (SSSR count). The van der Waals surface area contributed by atoms with Crippen LogP contribution >= 0.6 is 0 Å². The van der Waals surface area contributed by atoms with Gasteiger partial charge in [0.05, 0.1) is 0 Å². The highest BCUT2D eigenvalue weighted by Gasteiger charge is 2.66. The van der Waals surface area contributed by atoms with Crippen molar-refractivity contribution in [1.29, 1.82) is 0 Å². The highest BCUT2D eigenvalue weighted by molar-refractivity contribution is 5.98. The predicted molar refractivity (Wildman–Crippen MR) is 65.0 cm³/mol. The quantitative estimate of drug-likeness (QED) is 0.607. The van der Waals surface area contributed by atoms with E-state index in [2.05, 4.69) is 27.7 Å². The van der Waals surface area contributed by atoms with Crippen molar-refractivity contribution in [1.82, 2.24) is 0 Å². The number of allylic oxidation sites excluding steroid dienone is 2. The van der Waals surface area contributed by atoms with Crippen LogP contribution in [0.15, 0.2) is 11.6 Å². The van der Waals surface area contributed by atoms with Gasteiger partial charge in [-0.15, -0.1) is 0 Å². The Morgan fingerprint density at radius 1 is 1.31 bits per heavy atom. The van der Waals surface area contributed by atoms with Crippen molar-refractivity contribution in [3.05, 3.63) is 11.6 Å². The van der Waals surface area contributed by atoms with Gasteiger partial charge in [0.15, 0.2) is 5.78 Å². The van der Waals surface area contributed by atoms with Gasteiger partial charge in [0.25, 0.3) is 0 Å². The average Bonchev–Trinajstić information content (AvgIpc) is 2.61. The molecule has 0 saturated heterocycles. The zero-order valence-corrected chi connectivity index (χ0v) is 10.8. The van der Waals surface area contributed by atoms with Crippen LogP contribution in [0.25, 0.3) is 0 Å². The minimum Gasteiger partial charge on any atom is -0.294 e. The van der Waals surface area contributed by atoms with Crippen molar-refractivity contribution in [3.8, 4) is 0 Å². The van der Waals surface area contributed by atoms with Crippen molar-refractivity contribution in [2.45, 2.75) is 47.0 Å². The van der Waals surface area contributed by atoms with Crippen LogP contribution in [0.4, 0.5) is 0 Å². The zero-order chi connectivity index (χ0) is 11.7. The highest BCUT2D eigenvalue weighted by atomic mass is 16.1. The molecule has 1 nitrogen and oxygen atoms in total. The van der Waals surface area contributed by atoms with Gasteiger partial charge in [-0.25, -0.2) is 0 Å². The molecule has 0 N–H and O–H groups in total. The lowest BCUT2D eigenvalue weighted by atomic mass is 9.67. The molecular formula is C15H22O. The number of hydrogen-bond donors (Lipinski definition) is 0. The van der Waals surface area contributed by atoms with Crippen molar-refractivity contribution < 1.29 is 4.79 Å². The van der Waals surface area contributed by atoms with Gasteiger partial charge < -0.3 is 0 Å². The fourth-order valence-corrected chi connectivity index (χ4v) is 5.20. The minimum atomic E-state index is 0.0215. The summed E-state index contributed by atoms with van der Waals surface area (Å²) in [6, 6.07) is 0. The SMILES string of the molecule is CC1=CC(=O)[C@@]23C[C@@H]1C(C)(C)[C@@H]2CC[C@H]3C. The van der Waals surface area contributed by atoms with E-state index in [9.17, 15) is 4.79 Å². The fraction of sp³-hybridized carbons (Fsp3) is 0.800. The number of rotatable bonds is 0. The second-order valence-electron chi connectivity index (χ2n) is 6.90. The van der Waals surface area contributed by atoms with Gasteiger partial charge >= 0.3 is 0 Å². The molecule has 0 radical (unpaired) electrons. The van der Waals surface area contributed by atoms with Gasteiger partial charge in [0.2, 0.25) is 0 Å².